The number of benzene rings is 1. The van der Waals surface area contributed by atoms with E-state index in [1.54, 1.807) is 36.0 Å². The van der Waals surface area contributed by atoms with Crippen molar-refractivity contribution in [1.29, 1.82) is 0 Å². The number of nitrogens with one attached hydrogen (secondary N) is 2. The van der Waals surface area contributed by atoms with Gasteiger partial charge in [-0.25, -0.2) is 13.2 Å². The van der Waals surface area contributed by atoms with E-state index in [0.717, 1.165) is 6.26 Å². The maximum atomic E-state index is 12.8. The first-order valence-corrected chi connectivity index (χ1v) is 11.3. The molecule has 0 saturated carbocycles. The molecule has 0 bridgehead atoms. The summed E-state index contributed by atoms with van der Waals surface area (Å²) in [7, 11) is -0.0857. The van der Waals surface area contributed by atoms with Crippen molar-refractivity contribution in [3.05, 3.63) is 23.8 Å². The Hall–Kier alpha value is -2.49. The Morgan fingerprint density at radius 2 is 2.03 bits per heavy atom. The van der Waals surface area contributed by atoms with Gasteiger partial charge in [0.1, 0.15) is 11.9 Å². The minimum atomic E-state index is -3.47. The highest BCUT2D eigenvalue weighted by Crippen LogP contribution is 2.29. The average molecular weight is 427 g/mol. The van der Waals surface area contributed by atoms with E-state index in [1.165, 1.54) is 6.07 Å². The monoisotopic (exact) mass is 426 g/mol. The number of anilines is 1. The van der Waals surface area contributed by atoms with E-state index >= 15 is 0 Å². The lowest BCUT2D eigenvalue weighted by Crippen LogP contribution is -2.49. The summed E-state index contributed by atoms with van der Waals surface area (Å²) in [6.45, 7) is 6.52. The van der Waals surface area contributed by atoms with Crippen molar-refractivity contribution >= 4 is 27.6 Å². The molecule has 1 aromatic rings. The van der Waals surface area contributed by atoms with Gasteiger partial charge in [-0.3, -0.25) is 9.52 Å². The topological polar surface area (TPSA) is 108 Å². The van der Waals surface area contributed by atoms with E-state index in [2.05, 4.69) is 10.0 Å². The maximum absolute atomic E-state index is 12.8. The molecule has 1 aromatic carbocycles. The molecule has 0 spiro atoms. The molecule has 1 aliphatic rings. The van der Waals surface area contributed by atoms with Crippen LogP contribution in [0.3, 0.4) is 0 Å². The summed E-state index contributed by atoms with van der Waals surface area (Å²) in [5, 5.41) is 2.84. The molecule has 0 aliphatic carbocycles. The molecule has 9 nitrogen and oxygen atoms in total. The van der Waals surface area contributed by atoms with Gasteiger partial charge in [0.25, 0.3) is 5.91 Å². The van der Waals surface area contributed by atoms with Gasteiger partial charge in [0.05, 0.1) is 18.4 Å². The Morgan fingerprint density at radius 3 is 2.62 bits per heavy atom. The minimum absolute atomic E-state index is 0.0193. The van der Waals surface area contributed by atoms with Gasteiger partial charge in [0.2, 0.25) is 10.0 Å². The van der Waals surface area contributed by atoms with Crippen molar-refractivity contribution in [1.82, 2.24) is 15.1 Å². The molecule has 162 valence electrons. The van der Waals surface area contributed by atoms with Crippen LogP contribution in [0.2, 0.25) is 0 Å². The molecule has 2 atom stereocenters. The number of rotatable bonds is 5. The molecular weight excluding hydrogens is 396 g/mol. The Morgan fingerprint density at radius 1 is 1.38 bits per heavy atom. The van der Waals surface area contributed by atoms with Crippen LogP contribution in [-0.2, 0) is 10.0 Å². The van der Waals surface area contributed by atoms with Gasteiger partial charge in [-0.15, -0.1) is 0 Å². The average Bonchev–Trinajstić information content (AvgIpc) is 2.58. The zero-order valence-corrected chi connectivity index (χ0v) is 18.5. The number of carbonyl (C=O) groups is 2. The molecule has 0 radical (unpaired) electrons. The fourth-order valence-corrected chi connectivity index (χ4v) is 3.68. The van der Waals surface area contributed by atoms with Crippen LogP contribution < -0.4 is 14.8 Å². The summed E-state index contributed by atoms with van der Waals surface area (Å²) in [4.78, 5) is 28.2. The molecule has 3 amide bonds. The quantitative estimate of drug-likeness (QED) is 0.743. The molecule has 0 unspecified atom stereocenters. The second kappa shape index (κ2) is 8.89. The Labute approximate surface area is 172 Å². The highest BCUT2D eigenvalue weighted by molar-refractivity contribution is 7.92. The van der Waals surface area contributed by atoms with Crippen LogP contribution in [0, 0.1) is 5.92 Å². The lowest BCUT2D eigenvalue weighted by atomic mass is 10.0. The first kappa shape index (κ1) is 22.8. The van der Waals surface area contributed by atoms with E-state index in [4.69, 9.17) is 4.74 Å². The predicted molar refractivity (Wildman–Crippen MR) is 112 cm³/mol. The molecule has 0 aromatic heterocycles. The van der Waals surface area contributed by atoms with Crippen molar-refractivity contribution in [2.45, 2.75) is 32.9 Å². The van der Waals surface area contributed by atoms with Gasteiger partial charge in [-0.05, 0) is 32.0 Å². The first-order chi connectivity index (χ1) is 13.4. The van der Waals surface area contributed by atoms with E-state index in [-0.39, 0.29) is 41.3 Å². The van der Waals surface area contributed by atoms with E-state index < -0.39 is 10.0 Å². The fourth-order valence-electron chi connectivity index (χ4n) is 3.12. The predicted octanol–water partition coefficient (Wildman–Crippen LogP) is 1.58. The van der Waals surface area contributed by atoms with Crippen LogP contribution in [0.15, 0.2) is 18.2 Å². The van der Waals surface area contributed by atoms with Gasteiger partial charge in [0, 0.05) is 38.3 Å². The largest absolute Gasteiger partial charge is 0.487 e. The van der Waals surface area contributed by atoms with Crippen LogP contribution in [-0.4, -0.2) is 75.7 Å². The summed E-state index contributed by atoms with van der Waals surface area (Å²) >= 11 is 0. The van der Waals surface area contributed by atoms with Crippen molar-refractivity contribution < 1.29 is 22.7 Å². The van der Waals surface area contributed by atoms with Crippen molar-refractivity contribution in [3.8, 4) is 5.75 Å². The number of ether oxygens (including phenoxy) is 1. The van der Waals surface area contributed by atoms with Crippen LogP contribution in [0.1, 0.15) is 31.1 Å². The normalized spacial score (nSPS) is 19.7. The SMILES string of the molecule is CC(C)NC(=O)N(C)C[C@@H]1Oc2ccc(NS(C)(=O)=O)cc2C(=O)N(C)C[C@H]1C. The minimum Gasteiger partial charge on any atom is -0.487 e. The zero-order chi connectivity index (χ0) is 21.9. The summed E-state index contributed by atoms with van der Waals surface area (Å²) in [6.07, 6.45) is 0.699. The lowest BCUT2D eigenvalue weighted by molar-refractivity contribution is 0.0577. The Balaban J connectivity index is 2.31. The zero-order valence-electron chi connectivity index (χ0n) is 17.7. The standard InChI is InChI=1S/C19H30N4O5S/c1-12(2)20-19(25)23(5)11-17-13(3)10-22(4)18(24)15-9-14(21-29(6,26)27)7-8-16(15)28-17/h7-9,12-13,17,21H,10-11H2,1-6H3,(H,20,25)/t13-,17+/m1/s1. The molecule has 0 fully saturated rings. The lowest BCUT2D eigenvalue weighted by Gasteiger charge is -2.35. The van der Waals surface area contributed by atoms with Crippen LogP contribution in [0.4, 0.5) is 10.5 Å². The molecule has 10 heteroatoms. The fraction of sp³-hybridized carbons (Fsp3) is 0.579. The second-order valence-electron chi connectivity index (χ2n) is 7.89. The van der Waals surface area contributed by atoms with Gasteiger partial charge >= 0.3 is 6.03 Å². The molecule has 1 heterocycles. The van der Waals surface area contributed by atoms with Gasteiger partial charge in [0.15, 0.2) is 0 Å². The summed E-state index contributed by atoms with van der Waals surface area (Å²) < 4.78 is 31.5. The van der Waals surface area contributed by atoms with E-state index in [0.29, 0.717) is 18.8 Å². The van der Waals surface area contributed by atoms with E-state index in [9.17, 15) is 18.0 Å². The summed E-state index contributed by atoms with van der Waals surface area (Å²) in [5.41, 5.74) is 0.558. The maximum Gasteiger partial charge on any atom is 0.317 e. The number of hydrogen-bond donors (Lipinski definition) is 2. The molecule has 29 heavy (non-hydrogen) atoms. The van der Waals surface area contributed by atoms with Crippen molar-refractivity contribution in [2.75, 3.05) is 38.2 Å². The summed E-state index contributed by atoms with van der Waals surface area (Å²) in [5.74, 6) is 0.0729. The molecule has 1 aliphatic heterocycles. The highest BCUT2D eigenvalue weighted by atomic mass is 32.2. The third kappa shape index (κ3) is 6.25. The van der Waals surface area contributed by atoms with Crippen molar-refractivity contribution in [2.24, 2.45) is 5.92 Å². The molecule has 2 N–H and O–H groups in total. The smallest absolute Gasteiger partial charge is 0.317 e. The summed E-state index contributed by atoms with van der Waals surface area (Å²) in [6, 6.07) is 4.41. The number of amides is 3. The van der Waals surface area contributed by atoms with Crippen LogP contribution in [0.25, 0.3) is 0 Å². The molecular formula is C19H30N4O5S. The number of urea groups is 1. The van der Waals surface area contributed by atoms with Gasteiger partial charge in [-0.2, -0.15) is 0 Å². The van der Waals surface area contributed by atoms with Crippen LogP contribution in [0.5, 0.6) is 5.75 Å². The number of fused-ring (bicyclic) bond motifs is 1. The Kier molecular flexibility index (Phi) is 6.99. The second-order valence-corrected chi connectivity index (χ2v) is 9.64. The van der Waals surface area contributed by atoms with Crippen molar-refractivity contribution in [3.63, 3.8) is 0 Å². The van der Waals surface area contributed by atoms with Crippen LogP contribution >= 0.6 is 0 Å². The number of likely N-dealkylation sites (N-methyl/N-ethyl adjacent to an activating group) is 1. The third-order valence-corrected chi connectivity index (χ3v) is 5.15. The number of hydrogen-bond acceptors (Lipinski definition) is 5. The Bertz CT molecular complexity index is 871. The third-order valence-electron chi connectivity index (χ3n) is 4.55. The van der Waals surface area contributed by atoms with E-state index in [1.807, 2.05) is 20.8 Å². The molecule has 0 saturated heterocycles. The van der Waals surface area contributed by atoms with Gasteiger partial charge < -0.3 is 19.9 Å². The molecule has 2 rings (SSSR count). The number of sulfonamides is 1. The highest BCUT2D eigenvalue weighted by Gasteiger charge is 2.31. The number of nitrogens with zero attached hydrogens (tertiary/aromatic N) is 2. The number of carbonyl (C=O) groups excluding carboxylic acids is 2. The van der Waals surface area contributed by atoms with Gasteiger partial charge in [-0.1, -0.05) is 6.92 Å². The first-order valence-electron chi connectivity index (χ1n) is 9.43.